The van der Waals surface area contributed by atoms with Gasteiger partial charge in [0.05, 0.1) is 22.4 Å². The third kappa shape index (κ3) is 5.06. The van der Waals surface area contributed by atoms with Crippen LogP contribution in [0.3, 0.4) is 0 Å². The minimum atomic E-state index is 0.377. The third-order valence-corrected chi connectivity index (χ3v) is 11.5. The standard InChI is InChI=1S/C47H35N3S/c1-30-26-31(29-50-41-24-11-9-21-39(41)45(49-50)33-15-3-2-4-16-33)28-34(27-30)48-46-43(36-23-13-17-32-14-5-6-18-35(32)36)37-19-7-8-20-38(37)44-40-22-10-12-25-42(40)51-47(44)46/h2-26,28,30,48H,27,29H2,1H3. The van der Waals surface area contributed by atoms with Crippen LogP contribution < -0.4 is 5.32 Å². The second kappa shape index (κ2) is 12.1. The zero-order valence-electron chi connectivity index (χ0n) is 28.3. The van der Waals surface area contributed by atoms with Crippen LogP contribution in [0.5, 0.6) is 0 Å². The molecule has 1 aliphatic rings. The number of thiophene rings is 1. The molecule has 1 unspecified atom stereocenters. The molecule has 2 heterocycles. The van der Waals surface area contributed by atoms with E-state index in [2.05, 4.69) is 175 Å². The maximum absolute atomic E-state index is 5.20. The van der Waals surface area contributed by atoms with Gasteiger partial charge in [0.2, 0.25) is 0 Å². The van der Waals surface area contributed by atoms with Crippen molar-refractivity contribution in [1.82, 2.24) is 9.78 Å². The number of anilines is 1. The van der Waals surface area contributed by atoms with E-state index >= 15 is 0 Å². The van der Waals surface area contributed by atoms with Crippen LogP contribution in [0.15, 0.2) is 169 Å². The summed E-state index contributed by atoms with van der Waals surface area (Å²) < 4.78 is 4.78. The van der Waals surface area contributed by atoms with Gasteiger partial charge < -0.3 is 5.32 Å². The van der Waals surface area contributed by atoms with E-state index in [1.807, 2.05) is 11.3 Å². The van der Waals surface area contributed by atoms with E-state index in [1.165, 1.54) is 75.2 Å². The van der Waals surface area contributed by atoms with E-state index in [0.29, 0.717) is 12.5 Å². The number of para-hydroxylation sites is 1. The van der Waals surface area contributed by atoms with Crippen LogP contribution in [0, 0.1) is 5.92 Å². The fourth-order valence-corrected chi connectivity index (χ4v) is 9.40. The summed E-state index contributed by atoms with van der Waals surface area (Å²) in [6, 6.07) is 52.4. The predicted molar refractivity (Wildman–Crippen MR) is 219 cm³/mol. The molecule has 0 amide bonds. The Labute approximate surface area is 300 Å². The summed E-state index contributed by atoms with van der Waals surface area (Å²) in [7, 11) is 0. The summed E-state index contributed by atoms with van der Waals surface area (Å²) in [5.41, 5.74) is 9.52. The van der Waals surface area contributed by atoms with Crippen molar-refractivity contribution in [3.8, 4) is 22.4 Å². The average molecular weight is 674 g/mol. The minimum absolute atomic E-state index is 0.377. The molecule has 1 atom stereocenters. The molecular formula is C47H35N3S. The number of rotatable bonds is 6. The highest BCUT2D eigenvalue weighted by Gasteiger charge is 2.23. The van der Waals surface area contributed by atoms with Crippen molar-refractivity contribution < 1.29 is 0 Å². The predicted octanol–water partition coefficient (Wildman–Crippen LogP) is 13.0. The maximum atomic E-state index is 5.20. The van der Waals surface area contributed by atoms with Gasteiger partial charge in [-0.25, -0.2) is 0 Å². The number of nitrogens with one attached hydrogen (secondary N) is 1. The first-order valence-electron chi connectivity index (χ1n) is 17.7. The number of fused-ring (bicyclic) bond motifs is 7. The van der Waals surface area contributed by atoms with Crippen LogP contribution in [-0.2, 0) is 6.54 Å². The molecule has 1 aliphatic carbocycles. The highest BCUT2D eigenvalue weighted by molar-refractivity contribution is 7.26. The largest absolute Gasteiger partial charge is 0.357 e. The first-order valence-corrected chi connectivity index (χ1v) is 18.5. The Morgan fingerprint density at radius 2 is 1.37 bits per heavy atom. The van der Waals surface area contributed by atoms with E-state index in [-0.39, 0.29) is 0 Å². The van der Waals surface area contributed by atoms with Gasteiger partial charge in [0.1, 0.15) is 5.69 Å². The van der Waals surface area contributed by atoms with Gasteiger partial charge in [-0.05, 0) is 63.2 Å². The van der Waals surface area contributed by atoms with Gasteiger partial charge in [-0.15, -0.1) is 11.3 Å². The van der Waals surface area contributed by atoms with Crippen molar-refractivity contribution in [1.29, 1.82) is 0 Å². The van der Waals surface area contributed by atoms with Crippen LogP contribution in [0.1, 0.15) is 13.3 Å². The van der Waals surface area contributed by atoms with Crippen LogP contribution in [-0.4, -0.2) is 9.78 Å². The van der Waals surface area contributed by atoms with Crippen molar-refractivity contribution in [3.05, 3.63) is 169 Å². The number of benzene rings is 7. The summed E-state index contributed by atoms with van der Waals surface area (Å²) >= 11 is 1.89. The van der Waals surface area contributed by atoms with Gasteiger partial charge in [-0.3, -0.25) is 4.68 Å². The molecule has 3 nitrogen and oxygen atoms in total. The lowest BCUT2D eigenvalue weighted by Gasteiger charge is -2.24. The summed E-state index contributed by atoms with van der Waals surface area (Å²) in [5.74, 6) is 0.377. The lowest BCUT2D eigenvalue weighted by Crippen LogP contribution is -2.12. The summed E-state index contributed by atoms with van der Waals surface area (Å²) in [4.78, 5) is 0. The zero-order valence-corrected chi connectivity index (χ0v) is 29.1. The molecule has 4 heteroatoms. The van der Waals surface area contributed by atoms with E-state index < -0.39 is 0 Å². The molecular weight excluding hydrogens is 639 g/mol. The summed E-state index contributed by atoms with van der Waals surface area (Å²) in [6.07, 6.45) is 5.73. The van der Waals surface area contributed by atoms with Crippen LogP contribution in [0.4, 0.5) is 5.69 Å². The Kier molecular flexibility index (Phi) is 7.10. The van der Waals surface area contributed by atoms with E-state index in [9.17, 15) is 0 Å². The monoisotopic (exact) mass is 673 g/mol. The second-order valence-corrected chi connectivity index (χ2v) is 14.8. The van der Waals surface area contributed by atoms with E-state index in [0.717, 1.165) is 23.2 Å². The molecule has 0 aliphatic heterocycles. The fourth-order valence-electron chi connectivity index (χ4n) is 8.18. The summed E-state index contributed by atoms with van der Waals surface area (Å²) in [6.45, 7) is 3.03. The lowest BCUT2D eigenvalue weighted by atomic mass is 9.89. The van der Waals surface area contributed by atoms with Crippen molar-refractivity contribution in [2.45, 2.75) is 19.9 Å². The average Bonchev–Trinajstić information content (AvgIpc) is 3.74. The molecule has 1 N–H and O–H groups in total. The van der Waals surface area contributed by atoms with Crippen molar-refractivity contribution >= 4 is 69.6 Å². The number of nitrogens with zero attached hydrogens (tertiary/aromatic N) is 2. The van der Waals surface area contributed by atoms with Gasteiger partial charge in [0.25, 0.3) is 0 Å². The minimum Gasteiger partial charge on any atom is -0.357 e. The van der Waals surface area contributed by atoms with Crippen LogP contribution >= 0.6 is 11.3 Å². The molecule has 244 valence electrons. The molecule has 0 fully saturated rings. The Morgan fingerprint density at radius 1 is 0.686 bits per heavy atom. The molecule has 51 heavy (non-hydrogen) atoms. The van der Waals surface area contributed by atoms with E-state index in [1.54, 1.807) is 0 Å². The molecule has 10 rings (SSSR count). The quantitative estimate of drug-likeness (QED) is 0.190. The lowest BCUT2D eigenvalue weighted by molar-refractivity contribution is 0.662. The molecule has 0 saturated heterocycles. The number of aromatic nitrogens is 2. The number of hydrogen-bond acceptors (Lipinski definition) is 3. The molecule has 0 bridgehead atoms. The number of allylic oxidation sites excluding steroid dienone is 4. The normalized spacial score (nSPS) is 14.8. The van der Waals surface area contributed by atoms with Gasteiger partial charge >= 0.3 is 0 Å². The highest BCUT2D eigenvalue weighted by Crippen LogP contribution is 2.50. The molecule has 0 radical (unpaired) electrons. The van der Waals surface area contributed by atoms with Crippen molar-refractivity contribution in [3.63, 3.8) is 0 Å². The molecule has 0 saturated carbocycles. The van der Waals surface area contributed by atoms with Gasteiger partial charge in [0, 0.05) is 37.7 Å². The van der Waals surface area contributed by atoms with Crippen molar-refractivity contribution in [2.75, 3.05) is 5.32 Å². The number of hydrogen-bond donors (Lipinski definition) is 1. The van der Waals surface area contributed by atoms with E-state index in [4.69, 9.17) is 5.10 Å². The van der Waals surface area contributed by atoms with Gasteiger partial charge in [-0.2, -0.15) is 5.10 Å². The summed E-state index contributed by atoms with van der Waals surface area (Å²) in [5, 5.41) is 18.2. The highest BCUT2D eigenvalue weighted by atomic mass is 32.1. The van der Waals surface area contributed by atoms with Gasteiger partial charge in [-0.1, -0.05) is 146 Å². The Morgan fingerprint density at radius 3 is 2.24 bits per heavy atom. The second-order valence-electron chi connectivity index (χ2n) is 13.7. The SMILES string of the molecule is CC1C=C(Cn2nc(-c3ccccc3)c3ccccc32)C=C(Nc2c(-c3cccc4ccccc34)c3ccccc3c3c2sc2ccccc23)C1. The molecule has 2 aromatic heterocycles. The van der Waals surface area contributed by atoms with Crippen LogP contribution in [0.2, 0.25) is 0 Å². The zero-order chi connectivity index (χ0) is 33.9. The molecule has 7 aromatic carbocycles. The first kappa shape index (κ1) is 29.9. The van der Waals surface area contributed by atoms with Gasteiger partial charge in [0.15, 0.2) is 0 Å². The Hall–Kier alpha value is -5.97. The molecule has 9 aromatic rings. The Balaban J connectivity index is 1.15. The Bertz CT molecular complexity index is 2850. The smallest absolute Gasteiger partial charge is 0.100 e. The van der Waals surface area contributed by atoms with Crippen LogP contribution in [0.25, 0.3) is 75.0 Å². The maximum Gasteiger partial charge on any atom is 0.100 e. The topological polar surface area (TPSA) is 29.9 Å². The van der Waals surface area contributed by atoms with Crippen molar-refractivity contribution in [2.24, 2.45) is 5.92 Å². The fraction of sp³-hybridized carbons (Fsp3) is 0.0851. The third-order valence-electron chi connectivity index (χ3n) is 10.3. The first-order chi connectivity index (χ1) is 25.2. The molecule has 0 spiro atoms.